The van der Waals surface area contributed by atoms with Crippen molar-refractivity contribution in [2.24, 2.45) is 7.05 Å². The van der Waals surface area contributed by atoms with E-state index in [9.17, 15) is 4.79 Å². The van der Waals surface area contributed by atoms with Gasteiger partial charge in [0.05, 0.1) is 5.92 Å². The first-order chi connectivity index (χ1) is 7.54. The van der Waals surface area contributed by atoms with E-state index in [2.05, 4.69) is 0 Å². The number of aliphatic carboxylic acids is 1. The van der Waals surface area contributed by atoms with Gasteiger partial charge in [-0.25, -0.2) is 0 Å². The Morgan fingerprint density at radius 3 is 2.62 bits per heavy atom. The van der Waals surface area contributed by atoms with Crippen LogP contribution in [0.2, 0.25) is 0 Å². The van der Waals surface area contributed by atoms with Gasteiger partial charge in [0, 0.05) is 23.6 Å². The summed E-state index contributed by atoms with van der Waals surface area (Å²) in [6.45, 7) is 3.70. The highest BCUT2D eigenvalue weighted by atomic mass is 16.4. The predicted molar refractivity (Wildman–Crippen MR) is 63.7 cm³/mol. The molecule has 0 aliphatic carbocycles. The summed E-state index contributed by atoms with van der Waals surface area (Å²) in [5.74, 6) is -1.24. The number of aromatic nitrogens is 1. The first-order valence-electron chi connectivity index (χ1n) is 5.30. The summed E-state index contributed by atoms with van der Waals surface area (Å²) in [7, 11) is 1.97. The number of rotatable bonds is 2. The van der Waals surface area contributed by atoms with E-state index in [1.165, 1.54) is 0 Å². The number of hydrogen-bond donors (Lipinski definition) is 1. The van der Waals surface area contributed by atoms with Crippen molar-refractivity contribution >= 4 is 16.9 Å². The molecule has 16 heavy (non-hydrogen) atoms. The van der Waals surface area contributed by atoms with Crippen LogP contribution >= 0.6 is 0 Å². The molecular weight excluding hydrogens is 202 g/mol. The molecule has 1 heterocycles. The van der Waals surface area contributed by atoms with Crippen LogP contribution in [0.4, 0.5) is 0 Å². The molecular formula is C13H15NO2. The van der Waals surface area contributed by atoms with Gasteiger partial charge in [0.1, 0.15) is 0 Å². The molecule has 0 fully saturated rings. The van der Waals surface area contributed by atoms with Gasteiger partial charge < -0.3 is 9.67 Å². The topological polar surface area (TPSA) is 42.2 Å². The first-order valence-corrected chi connectivity index (χ1v) is 5.30. The second kappa shape index (κ2) is 3.67. The van der Waals surface area contributed by atoms with Crippen LogP contribution in [0, 0.1) is 6.92 Å². The summed E-state index contributed by atoms with van der Waals surface area (Å²) in [5.41, 5.74) is 3.03. The monoisotopic (exact) mass is 217 g/mol. The highest BCUT2D eigenvalue weighted by molar-refractivity contribution is 5.91. The molecule has 1 aromatic heterocycles. The van der Waals surface area contributed by atoms with Crippen LogP contribution in [0.5, 0.6) is 0 Å². The number of benzene rings is 1. The van der Waals surface area contributed by atoms with Gasteiger partial charge in [-0.05, 0) is 25.5 Å². The Kier molecular flexibility index (Phi) is 2.46. The molecule has 3 nitrogen and oxygen atoms in total. The highest BCUT2D eigenvalue weighted by Crippen LogP contribution is 2.30. The fraction of sp³-hybridized carbons (Fsp3) is 0.308. The van der Waals surface area contributed by atoms with Gasteiger partial charge in [-0.3, -0.25) is 4.79 Å². The third-order valence-corrected chi connectivity index (χ3v) is 3.25. The van der Waals surface area contributed by atoms with E-state index in [1.54, 1.807) is 6.92 Å². The van der Waals surface area contributed by atoms with Crippen molar-refractivity contribution in [3.05, 3.63) is 35.5 Å². The van der Waals surface area contributed by atoms with E-state index >= 15 is 0 Å². The second-order valence-corrected chi connectivity index (χ2v) is 4.14. The predicted octanol–water partition coefficient (Wildman–Crippen LogP) is 2.67. The number of carbonyl (C=O) groups is 1. The summed E-state index contributed by atoms with van der Waals surface area (Å²) in [4.78, 5) is 11.1. The lowest BCUT2D eigenvalue weighted by Gasteiger charge is -2.07. The van der Waals surface area contributed by atoms with E-state index in [0.29, 0.717) is 0 Å². The van der Waals surface area contributed by atoms with E-state index < -0.39 is 11.9 Å². The lowest BCUT2D eigenvalue weighted by molar-refractivity contribution is -0.138. The van der Waals surface area contributed by atoms with Crippen molar-refractivity contribution in [2.45, 2.75) is 19.8 Å². The van der Waals surface area contributed by atoms with E-state index in [4.69, 9.17) is 5.11 Å². The largest absolute Gasteiger partial charge is 0.481 e. The second-order valence-electron chi connectivity index (χ2n) is 4.14. The number of carboxylic acid groups (broad SMARTS) is 1. The summed E-state index contributed by atoms with van der Waals surface area (Å²) in [5, 5.41) is 10.2. The maximum Gasteiger partial charge on any atom is 0.310 e. The zero-order valence-corrected chi connectivity index (χ0v) is 9.69. The van der Waals surface area contributed by atoms with Crippen molar-refractivity contribution in [1.82, 2.24) is 4.57 Å². The number of hydrogen-bond acceptors (Lipinski definition) is 1. The molecule has 0 spiro atoms. The van der Waals surface area contributed by atoms with Gasteiger partial charge in [-0.1, -0.05) is 18.2 Å². The van der Waals surface area contributed by atoms with E-state index in [1.807, 2.05) is 42.8 Å². The molecule has 0 amide bonds. The van der Waals surface area contributed by atoms with Crippen molar-refractivity contribution in [2.75, 3.05) is 0 Å². The maximum atomic E-state index is 11.1. The van der Waals surface area contributed by atoms with Crippen LogP contribution < -0.4 is 0 Å². The molecule has 0 bridgehead atoms. The number of nitrogens with zero attached hydrogens (tertiary/aromatic N) is 1. The zero-order chi connectivity index (χ0) is 11.9. The summed E-state index contributed by atoms with van der Waals surface area (Å²) in [6, 6.07) is 7.91. The molecule has 3 heteroatoms. The third-order valence-electron chi connectivity index (χ3n) is 3.25. The Hall–Kier alpha value is -1.77. The third kappa shape index (κ3) is 1.40. The average Bonchev–Trinajstić information content (AvgIpc) is 2.52. The lowest BCUT2D eigenvalue weighted by atomic mass is 9.98. The van der Waals surface area contributed by atoms with Crippen molar-refractivity contribution < 1.29 is 9.90 Å². The molecule has 1 N–H and O–H groups in total. The van der Waals surface area contributed by atoms with E-state index in [0.717, 1.165) is 22.2 Å². The summed E-state index contributed by atoms with van der Waals surface area (Å²) < 4.78 is 2.05. The SMILES string of the molecule is Cc1c(C(C)C(=O)O)c2ccccc2n1C. The van der Waals surface area contributed by atoms with Gasteiger partial charge in [-0.15, -0.1) is 0 Å². The standard InChI is InChI=1S/C13H15NO2/c1-8(13(15)16)12-9(2)14(3)11-7-5-4-6-10(11)12/h4-8H,1-3H3,(H,15,16). The van der Waals surface area contributed by atoms with Gasteiger partial charge >= 0.3 is 5.97 Å². The van der Waals surface area contributed by atoms with Crippen LogP contribution in [-0.2, 0) is 11.8 Å². The molecule has 1 aromatic carbocycles. The van der Waals surface area contributed by atoms with E-state index in [-0.39, 0.29) is 0 Å². The van der Waals surface area contributed by atoms with Gasteiger partial charge in [0.2, 0.25) is 0 Å². The number of carboxylic acids is 1. The lowest BCUT2D eigenvalue weighted by Crippen LogP contribution is -2.08. The normalized spacial score (nSPS) is 12.9. The van der Waals surface area contributed by atoms with Crippen LogP contribution in [0.25, 0.3) is 10.9 Å². The molecule has 84 valence electrons. The van der Waals surface area contributed by atoms with Crippen molar-refractivity contribution in [3.63, 3.8) is 0 Å². The number of fused-ring (bicyclic) bond motifs is 1. The molecule has 2 aromatic rings. The fourth-order valence-electron chi connectivity index (χ4n) is 2.22. The molecule has 2 rings (SSSR count). The average molecular weight is 217 g/mol. The summed E-state index contributed by atoms with van der Waals surface area (Å²) >= 11 is 0. The van der Waals surface area contributed by atoms with Gasteiger partial charge in [0.25, 0.3) is 0 Å². The smallest absolute Gasteiger partial charge is 0.310 e. The summed E-state index contributed by atoms with van der Waals surface area (Å²) in [6.07, 6.45) is 0. The van der Waals surface area contributed by atoms with Crippen LogP contribution in [-0.4, -0.2) is 15.6 Å². The maximum absolute atomic E-state index is 11.1. The van der Waals surface area contributed by atoms with Crippen molar-refractivity contribution in [1.29, 1.82) is 0 Å². The van der Waals surface area contributed by atoms with Crippen molar-refractivity contribution in [3.8, 4) is 0 Å². The minimum Gasteiger partial charge on any atom is -0.481 e. The quantitative estimate of drug-likeness (QED) is 0.840. The number of para-hydroxylation sites is 1. The Morgan fingerprint density at radius 1 is 1.38 bits per heavy atom. The Labute approximate surface area is 94.3 Å². The fourth-order valence-corrected chi connectivity index (χ4v) is 2.22. The Bertz CT molecular complexity index is 554. The van der Waals surface area contributed by atoms with Crippen LogP contribution in [0.1, 0.15) is 24.1 Å². The Balaban J connectivity index is 2.78. The Morgan fingerprint density at radius 2 is 2.00 bits per heavy atom. The van der Waals surface area contributed by atoms with Crippen LogP contribution in [0.3, 0.4) is 0 Å². The molecule has 1 atom stereocenters. The minimum atomic E-state index is -0.778. The van der Waals surface area contributed by atoms with Gasteiger partial charge in [0.15, 0.2) is 0 Å². The molecule has 0 aliphatic heterocycles. The first kappa shape index (κ1) is 10.7. The zero-order valence-electron chi connectivity index (χ0n) is 9.69. The minimum absolute atomic E-state index is 0.467. The number of aryl methyl sites for hydroxylation is 1. The highest BCUT2D eigenvalue weighted by Gasteiger charge is 2.21. The molecule has 0 radical (unpaired) electrons. The molecule has 0 saturated carbocycles. The van der Waals surface area contributed by atoms with Crippen LogP contribution in [0.15, 0.2) is 24.3 Å². The molecule has 0 saturated heterocycles. The molecule has 0 aliphatic rings. The van der Waals surface area contributed by atoms with Gasteiger partial charge in [-0.2, -0.15) is 0 Å². The molecule has 1 unspecified atom stereocenters.